The fourth-order valence-electron chi connectivity index (χ4n) is 3.24. The summed E-state index contributed by atoms with van der Waals surface area (Å²) in [7, 11) is 0. The molecule has 0 bridgehead atoms. The molecule has 1 fully saturated rings. The summed E-state index contributed by atoms with van der Waals surface area (Å²) in [5, 5.41) is 14.8. The highest BCUT2D eigenvalue weighted by molar-refractivity contribution is 6.10. The fraction of sp³-hybridized carbons (Fsp3) is 0.667. The third-order valence-corrected chi connectivity index (χ3v) is 4.60. The van der Waals surface area contributed by atoms with Crippen LogP contribution in [0.4, 0.5) is 0 Å². The molecule has 0 spiro atoms. The van der Waals surface area contributed by atoms with E-state index >= 15 is 0 Å². The van der Waals surface area contributed by atoms with Gasteiger partial charge in [0.05, 0.1) is 5.71 Å². The average Bonchev–Trinajstić information content (AvgIpc) is 3.03. The minimum absolute atomic E-state index is 0.351. The third kappa shape index (κ3) is 3.47. The molecule has 2 heterocycles. The summed E-state index contributed by atoms with van der Waals surface area (Å²) in [5.74, 6) is 1.13. The highest BCUT2D eigenvalue weighted by Gasteiger charge is 2.36. The van der Waals surface area contributed by atoms with Crippen molar-refractivity contribution in [1.29, 1.82) is 0 Å². The smallest absolute Gasteiger partial charge is 0.288 e. The van der Waals surface area contributed by atoms with Crippen LogP contribution >= 0.6 is 0 Å². The van der Waals surface area contributed by atoms with Crippen molar-refractivity contribution in [3.05, 3.63) is 28.8 Å². The molecular weight excluding hydrogens is 296 g/mol. The molecule has 1 aromatic rings. The molecule has 2 unspecified atom stereocenters. The van der Waals surface area contributed by atoms with Crippen LogP contribution in [0.15, 0.2) is 28.7 Å². The summed E-state index contributed by atoms with van der Waals surface area (Å²) in [6, 6.07) is -0.652. The Kier molecular flexibility index (Phi) is 4.51. The molecule has 124 valence electrons. The minimum atomic E-state index is -1.02. The highest BCUT2D eigenvalue weighted by Crippen LogP contribution is 2.24. The maximum Gasteiger partial charge on any atom is 0.307 e. The van der Waals surface area contributed by atoms with E-state index in [4.69, 9.17) is 0 Å². The number of hydrogen-bond donors (Lipinski definition) is 1. The topological polar surface area (TPSA) is 97.7 Å². The molecule has 2 atom stereocenters. The van der Waals surface area contributed by atoms with Gasteiger partial charge in [-0.2, -0.15) is 0 Å². The quantitative estimate of drug-likeness (QED) is 0.677. The standard InChI is InChI=1S/C15H22N6O2/c1-10-3-5-12(6-4-10)18-15-17-11(2)13(21(22)23)14(19-15)20-8-7-16-9-20/h7-10,12-13,15,18H,3-6H2,1-2H3. The van der Waals surface area contributed by atoms with Gasteiger partial charge in [-0.15, -0.1) is 0 Å². The van der Waals surface area contributed by atoms with Crippen LogP contribution in [0.5, 0.6) is 0 Å². The van der Waals surface area contributed by atoms with Crippen LogP contribution in [0, 0.1) is 16.0 Å². The molecule has 1 aliphatic heterocycles. The van der Waals surface area contributed by atoms with Gasteiger partial charge in [-0.05, 0) is 38.5 Å². The van der Waals surface area contributed by atoms with Gasteiger partial charge in [-0.3, -0.25) is 20.0 Å². The first-order chi connectivity index (χ1) is 11.0. The Balaban J connectivity index is 1.80. The van der Waals surface area contributed by atoms with E-state index in [1.165, 1.54) is 19.2 Å². The van der Waals surface area contributed by atoms with Crippen LogP contribution < -0.4 is 5.32 Å². The second-order valence-corrected chi connectivity index (χ2v) is 6.41. The van der Waals surface area contributed by atoms with E-state index in [0.717, 1.165) is 18.8 Å². The van der Waals surface area contributed by atoms with Crippen LogP contribution in [0.2, 0.25) is 0 Å². The van der Waals surface area contributed by atoms with E-state index in [9.17, 15) is 10.1 Å². The zero-order chi connectivity index (χ0) is 16.4. The number of nitro groups is 1. The fourth-order valence-corrected chi connectivity index (χ4v) is 3.24. The van der Waals surface area contributed by atoms with E-state index in [2.05, 4.69) is 27.2 Å². The van der Waals surface area contributed by atoms with E-state index in [-0.39, 0.29) is 4.92 Å². The van der Waals surface area contributed by atoms with E-state index in [1.807, 2.05) is 0 Å². The van der Waals surface area contributed by atoms with Gasteiger partial charge in [0, 0.05) is 23.4 Å². The first kappa shape index (κ1) is 15.8. The largest absolute Gasteiger partial charge is 0.307 e. The van der Waals surface area contributed by atoms with E-state index < -0.39 is 12.3 Å². The molecule has 2 aliphatic rings. The molecule has 1 N–H and O–H groups in total. The molecule has 3 rings (SSSR count). The van der Waals surface area contributed by atoms with Gasteiger partial charge >= 0.3 is 6.04 Å². The average molecular weight is 318 g/mol. The number of nitrogens with one attached hydrogen (secondary N) is 1. The number of aliphatic imine (C=N–C) groups is 2. The van der Waals surface area contributed by atoms with Gasteiger partial charge in [-0.25, -0.2) is 15.0 Å². The van der Waals surface area contributed by atoms with Gasteiger partial charge < -0.3 is 0 Å². The summed E-state index contributed by atoms with van der Waals surface area (Å²) >= 11 is 0. The Morgan fingerprint density at radius 3 is 2.65 bits per heavy atom. The molecule has 0 aromatic carbocycles. The van der Waals surface area contributed by atoms with Gasteiger partial charge in [0.2, 0.25) is 0 Å². The van der Waals surface area contributed by atoms with Gasteiger partial charge in [-0.1, -0.05) is 6.92 Å². The summed E-state index contributed by atoms with van der Waals surface area (Å²) in [6.07, 6.45) is 8.93. The SMILES string of the molecule is CC1=NC(NC2CCC(C)CC2)N=C(n2ccnc2)C1[N+](=O)[O-]. The molecule has 23 heavy (non-hydrogen) atoms. The van der Waals surface area contributed by atoms with Crippen LogP contribution in [0.3, 0.4) is 0 Å². The first-order valence-corrected chi connectivity index (χ1v) is 8.04. The summed E-state index contributed by atoms with van der Waals surface area (Å²) < 4.78 is 1.60. The maximum absolute atomic E-state index is 11.4. The Morgan fingerprint density at radius 1 is 1.30 bits per heavy atom. The Hall–Kier alpha value is -2.09. The second-order valence-electron chi connectivity index (χ2n) is 6.41. The lowest BCUT2D eigenvalue weighted by atomic mass is 9.87. The van der Waals surface area contributed by atoms with Crippen molar-refractivity contribution in [3.8, 4) is 0 Å². The molecule has 1 aromatic heterocycles. The van der Waals surface area contributed by atoms with Crippen molar-refractivity contribution in [3.63, 3.8) is 0 Å². The lowest BCUT2D eigenvalue weighted by Gasteiger charge is -2.30. The summed E-state index contributed by atoms with van der Waals surface area (Å²) in [5.41, 5.74) is 0.468. The van der Waals surface area contributed by atoms with Crippen LogP contribution in [-0.2, 0) is 0 Å². The first-order valence-electron chi connectivity index (χ1n) is 8.04. The van der Waals surface area contributed by atoms with Crippen LogP contribution in [-0.4, -0.2) is 44.4 Å². The predicted molar refractivity (Wildman–Crippen MR) is 87.3 cm³/mol. The summed E-state index contributed by atoms with van der Waals surface area (Å²) in [4.78, 5) is 23.9. The lowest BCUT2D eigenvalue weighted by Crippen LogP contribution is -2.48. The molecule has 8 nitrogen and oxygen atoms in total. The predicted octanol–water partition coefficient (Wildman–Crippen LogP) is 1.70. The van der Waals surface area contributed by atoms with Crippen molar-refractivity contribution >= 4 is 11.5 Å². The normalized spacial score (nSPS) is 31.4. The highest BCUT2D eigenvalue weighted by atomic mass is 16.6. The van der Waals surface area contributed by atoms with E-state index in [0.29, 0.717) is 17.6 Å². The van der Waals surface area contributed by atoms with Crippen LogP contribution in [0.25, 0.3) is 0 Å². The zero-order valence-electron chi connectivity index (χ0n) is 13.4. The number of imidazole rings is 1. The number of rotatable bonds is 3. The van der Waals surface area contributed by atoms with Crippen molar-refractivity contribution in [2.24, 2.45) is 15.9 Å². The Labute approximate surface area is 134 Å². The monoisotopic (exact) mass is 318 g/mol. The van der Waals surface area contributed by atoms with Gasteiger partial charge in [0.15, 0.2) is 12.1 Å². The van der Waals surface area contributed by atoms with Crippen molar-refractivity contribution in [2.75, 3.05) is 0 Å². The number of hydrogen-bond acceptors (Lipinski definition) is 6. The molecule has 1 aliphatic carbocycles. The van der Waals surface area contributed by atoms with Crippen molar-refractivity contribution in [1.82, 2.24) is 14.9 Å². The minimum Gasteiger partial charge on any atom is -0.288 e. The molecule has 0 radical (unpaired) electrons. The Bertz CT molecular complexity index is 616. The van der Waals surface area contributed by atoms with Gasteiger partial charge in [0.25, 0.3) is 0 Å². The van der Waals surface area contributed by atoms with Gasteiger partial charge in [0.1, 0.15) is 6.33 Å². The lowest BCUT2D eigenvalue weighted by molar-refractivity contribution is -0.485. The third-order valence-electron chi connectivity index (χ3n) is 4.60. The van der Waals surface area contributed by atoms with Crippen molar-refractivity contribution in [2.45, 2.75) is 57.9 Å². The van der Waals surface area contributed by atoms with Crippen LogP contribution in [0.1, 0.15) is 39.5 Å². The van der Waals surface area contributed by atoms with E-state index in [1.54, 1.807) is 23.9 Å². The molecule has 1 saturated carbocycles. The zero-order valence-corrected chi connectivity index (χ0v) is 13.4. The summed E-state index contributed by atoms with van der Waals surface area (Å²) in [6.45, 7) is 3.97. The number of aromatic nitrogens is 2. The van der Waals surface area contributed by atoms with Crippen molar-refractivity contribution < 1.29 is 4.92 Å². The number of nitrogens with zero attached hydrogens (tertiary/aromatic N) is 5. The molecule has 0 amide bonds. The maximum atomic E-state index is 11.4. The second kappa shape index (κ2) is 6.57. The Morgan fingerprint density at radius 2 is 2.04 bits per heavy atom. The molecular formula is C15H22N6O2. The molecule has 0 saturated heterocycles. The molecule has 8 heteroatoms.